The zero-order valence-electron chi connectivity index (χ0n) is 20.4. The number of alkyl halides is 3. The Morgan fingerprint density at radius 3 is 2.03 bits per heavy atom. The first-order valence-electron chi connectivity index (χ1n) is 11.9. The maximum atomic E-state index is 14.7. The molecular weight excluding hydrogens is 509 g/mol. The number of nitrogens with one attached hydrogen (secondary N) is 1. The van der Waals surface area contributed by atoms with Gasteiger partial charge in [-0.25, -0.2) is 9.36 Å². The monoisotopic (exact) mass is 530 g/mol. The lowest BCUT2D eigenvalue weighted by molar-refractivity contribution is -0.142. The van der Waals surface area contributed by atoms with Crippen LogP contribution in [0.2, 0.25) is 0 Å². The number of nitrogens with two attached hydrogens (primary N) is 1. The highest BCUT2D eigenvalue weighted by molar-refractivity contribution is 6.12. The van der Waals surface area contributed by atoms with Crippen molar-refractivity contribution in [2.75, 3.05) is 11.1 Å². The summed E-state index contributed by atoms with van der Waals surface area (Å²) >= 11 is 0. The van der Waals surface area contributed by atoms with Gasteiger partial charge in [0.25, 0.3) is 0 Å². The van der Waals surface area contributed by atoms with Crippen molar-refractivity contribution in [3.05, 3.63) is 113 Å². The summed E-state index contributed by atoms with van der Waals surface area (Å²) in [4.78, 5) is 14.1. The van der Waals surface area contributed by atoms with Gasteiger partial charge in [0.05, 0.1) is 22.6 Å². The van der Waals surface area contributed by atoms with Gasteiger partial charge in [-0.3, -0.25) is 4.79 Å². The molecule has 0 spiro atoms. The van der Waals surface area contributed by atoms with E-state index >= 15 is 0 Å². The molecule has 0 bridgehead atoms. The van der Waals surface area contributed by atoms with E-state index < -0.39 is 34.6 Å². The van der Waals surface area contributed by atoms with Crippen LogP contribution in [0.4, 0.5) is 24.7 Å². The molecule has 3 heterocycles. The van der Waals surface area contributed by atoms with Gasteiger partial charge in [0.1, 0.15) is 11.2 Å². The van der Waals surface area contributed by atoms with Crippen molar-refractivity contribution in [2.45, 2.75) is 18.5 Å². The van der Waals surface area contributed by atoms with Gasteiger partial charge in [-0.1, -0.05) is 54.6 Å². The number of aromatic nitrogens is 4. The number of anilines is 2. The Morgan fingerprint density at radius 2 is 1.41 bits per heavy atom. The van der Waals surface area contributed by atoms with Crippen molar-refractivity contribution in [1.29, 1.82) is 0 Å². The molecule has 5 aromatic rings. The molecule has 1 aliphatic heterocycles. The molecule has 4 N–H and O–H groups in total. The van der Waals surface area contributed by atoms with Gasteiger partial charge in [0.15, 0.2) is 5.69 Å². The Hall–Kier alpha value is -5.06. The molecule has 3 aromatic carbocycles. The van der Waals surface area contributed by atoms with Crippen LogP contribution in [0.5, 0.6) is 5.88 Å². The quantitative estimate of drug-likeness (QED) is 0.304. The van der Waals surface area contributed by atoms with Crippen molar-refractivity contribution in [1.82, 2.24) is 19.6 Å². The molecule has 0 radical (unpaired) electrons. The number of aromatic hydroxyl groups is 1. The molecule has 1 atom stereocenters. The Kier molecular flexibility index (Phi) is 5.28. The standard InChI is InChI=1S/C28H21F3N6O2/c1-16-21(24(32)36(34-16)17-10-4-2-5-11-17)27(19-14-8-9-15-20(19)33-26(27)39)22-23(28(29,30)31)35-37(25(22)38)18-12-6-3-7-13-18/h2-15,38H,32H2,1H3,(H,33,39). The van der Waals surface area contributed by atoms with E-state index in [-0.39, 0.29) is 34.0 Å². The number of fused-ring (bicyclic) bond motifs is 1. The third-order valence-electron chi connectivity index (χ3n) is 6.90. The fraction of sp³-hybridized carbons (Fsp3) is 0.107. The van der Waals surface area contributed by atoms with Crippen molar-refractivity contribution in [2.24, 2.45) is 0 Å². The molecule has 196 valence electrons. The second-order valence-electron chi connectivity index (χ2n) is 9.14. The third kappa shape index (κ3) is 3.43. The Morgan fingerprint density at radius 1 is 0.846 bits per heavy atom. The molecule has 1 unspecified atom stereocenters. The number of aryl methyl sites for hydroxylation is 1. The van der Waals surface area contributed by atoms with E-state index in [9.17, 15) is 23.1 Å². The summed E-state index contributed by atoms with van der Waals surface area (Å²) in [6.07, 6.45) is -5.03. The van der Waals surface area contributed by atoms with Crippen LogP contribution in [0.15, 0.2) is 84.9 Å². The van der Waals surface area contributed by atoms with Gasteiger partial charge >= 0.3 is 6.18 Å². The number of amides is 1. The van der Waals surface area contributed by atoms with Crippen LogP contribution in [-0.2, 0) is 16.4 Å². The minimum Gasteiger partial charge on any atom is -0.493 e. The molecule has 0 saturated heterocycles. The first kappa shape index (κ1) is 24.3. The van der Waals surface area contributed by atoms with Gasteiger partial charge < -0.3 is 16.2 Å². The Balaban J connectivity index is 1.76. The number of halogens is 3. The van der Waals surface area contributed by atoms with Crippen LogP contribution in [0.1, 0.15) is 28.1 Å². The summed E-state index contributed by atoms with van der Waals surface area (Å²) in [6.45, 7) is 1.56. The highest BCUT2D eigenvalue weighted by Gasteiger charge is 2.59. The van der Waals surface area contributed by atoms with Crippen LogP contribution in [0, 0.1) is 6.92 Å². The number of carbonyl (C=O) groups excluding carboxylic acids is 1. The lowest BCUT2D eigenvalue weighted by Crippen LogP contribution is -2.39. The molecule has 1 aliphatic rings. The fourth-order valence-corrected chi connectivity index (χ4v) is 5.36. The molecule has 8 nitrogen and oxygen atoms in total. The maximum absolute atomic E-state index is 14.7. The van der Waals surface area contributed by atoms with E-state index in [4.69, 9.17) is 5.73 Å². The van der Waals surface area contributed by atoms with E-state index in [2.05, 4.69) is 15.5 Å². The molecule has 11 heteroatoms. The van der Waals surface area contributed by atoms with Crippen molar-refractivity contribution >= 4 is 17.4 Å². The highest BCUT2D eigenvalue weighted by atomic mass is 19.4. The van der Waals surface area contributed by atoms with Crippen molar-refractivity contribution < 1.29 is 23.1 Å². The van der Waals surface area contributed by atoms with Gasteiger partial charge in [0, 0.05) is 16.8 Å². The molecule has 2 aromatic heterocycles. The average molecular weight is 531 g/mol. The molecule has 0 saturated carbocycles. The third-order valence-corrected chi connectivity index (χ3v) is 6.90. The number of nitrogen functional groups attached to an aromatic ring is 1. The van der Waals surface area contributed by atoms with E-state index in [0.717, 1.165) is 4.68 Å². The lowest BCUT2D eigenvalue weighted by atomic mass is 9.69. The van der Waals surface area contributed by atoms with Crippen molar-refractivity contribution in [3.63, 3.8) is 0 Å². The predicted molar refractivity (Wildman–Crippen MR) is 138 cm³/mol. The SMILES string of the molecule is Cc1nn(-c2ccccc2)c(N)c1C1(c2c(C(F)(F)F)nn(-c3ccccc3)c2O)C(=O)Nc2ccccc21. The van der Waals surface area contributed by atoms with Crippen LogP contribution < -0.4 is 11.1 Å². The Labute approximate surface area is 220 Å². The van der Waals surface area contributed by atoms with Crippen LogP contribution in [0.25, 0.3) is 11.4 Å². The summed E-state index contributed by atoms with van der Waals surface area (Å²) in [5.41, 5.74) is 3.67. The predicted octanol–water partition coefficient (Wildman–Crippen LogP) is 4.96. The van der Waals surface area contributed by atoms with Crippen LogP contribution in [-0.4, -0.2) is 30.6 Å². The first-order valence-corrected chi connectivity index (χ1v) is 11.9. The molecule has 0 fully saturated rings. The summed E-state index contributed by atoms with van der Waals surface area (Å²) in [6, 6.07) is 23.0. The number of hydrogen-bond acceptors (Lipinski definition) is 5. The maximum Gasteiger partial charge on any atom is 0.435 e. The van der Waals surface area contributed by atoms with E-state index in [0.29, 0.717) is 5.69 Å². The normalized spacial score (nSPS) is 16.8. The number of rotatable bonds is 4. The zero-order valence-corrected chi connectivity index (χ0v) is 20.4. The zero-order chi connectivity index (χ0) is 27.5. The molecule has 6 rings (SSSR count). The minimum atomic E-state index is -5.03. The molecule has 0 aliphatic carbocycles. The second kappa shape index (κ2) is 8.48. The second-order valence-corrected chi connectivity index (χ2v) is 9.14. The highest BCUT2D eigenvalue weighted by Crippen LogP contribution is 2.55. The number of carbonyl (C=O) groups is 1. The van der Waals surface area contributed by atoms with Crippen LogP contribution in [0.3, 0.4) is 0 Å². The number of nitrogens with zero attached hydrogens (tertiary/aromatic N) is 4. The number of hydrogen-bond donors (Lipinski definition) is 3. The Bertz CT molecular complexity index is 1730. The minimum absolute atomic E-state index is 0.0159. The van der Waals surface area contributed by atoms with Gasteiger partial charge in [-0.15, -0.1) is 0 Å². The summed E-state index contributed by atoms with van der Waals surface area (Å²) < 4.78 is 46.2. The molecule has 1 amide bonds. The largest absolute Gasteiger partial charge is 0.493 e. The summed E-state index contributed by atoms with van der Waals surface area (Å²) in [5, 5.41) is 22.5. The summed E-state index contributed by atoms with van der Waals surface area (Å²) in [5.74, 6) is -1.71. The topological polar surface area (TPSA) is 111 Å². The van der Waals surface area contributed by atoms with Crippen molar-refractivity contribution in [3.8, 4) is 17.3 Å². The first-order chi connectivity index (χ1) is 18.7. The number of para-hydroxylation sites is 3. The fourth-order valence-electron chi connectivity index (χ4n) is 5.36. The van der Waals surface area contributed by atoms with Gasteiger partial charge in [-0.2, -0.15) is 23.4 Å². The number of benzene rings is 3. The van der Waals surface area contributed by atoms with E-state index in [1.807, 2.05) is 0 Å². The van der Waals surface area contributed by atoms with Crippen LogP contribution >= 0.6 is 0 Å². The van der Waals surface area contributed by atoms with Gasteiger partial charge in [-0.05, 0) is 37.3 Å². The van der Waals surface area contributed by atoms with E-state index in [1.54, 1.807) is 73.7 Å². The molecule has 39 heavy (non-hydrogen) atoms. The lowest BCUT2D eigenvalue weighted by Gasteiger charge is -2.29. The van der Waals surface area contributed by atoms with E-state index in [1.165, 1.54) is 22.9 Å². The average Bonchev–Trinajstić information content (AvgIpc) is 3.53. The molecular formula is C28H21F3N6O2. The van der Waals surface area contributed by atoms with Gasteiger partial charge in [0.2, 0.25) is 11.8 Å². The smallest absolute Gasteiger partial charge is 0.435 e. The summed E-state index contributed by atoms with van der Waals surface area (Å²) in [7, 11) is 0.